The lowest BCUT2D eigenvalue weighted by Crippen LogP contribution is -2.55. The number of hydrogen-bond donors (Lipinski definition) is 1. The van der Waals surface area contributed by atoms with Gasteiger partial charge in [0.1, 0.15) is 24.5 Å². The number of methoxy groups -OCH3 is 1. The molecule has 0 bridgehead atoms. The molecule has 27 heavy (non-hydrogen) atoms. The highest BCUT2D eigenvalue weighted by Crippen LogP contribution is 2.46. The third-order valence-electron chi connectivity index (χ3n) is 4.16. The summed E-state index contributed by atoms with van der Waals surface area (Å²) in [5, 5.41) is 18.8. The van der Waals surface area contributed by atoms with Crippen LogP contribution in [0.1, 0.15) is 22.9 Å². The van der Waals surface area contributed by atoms with E-state index < -0.39 is 25.1 Å². The van der Waals surface area contributed by atoms with Crippen molar-refractivity contribution in [3.63, 3.8) is 0 Å². The summed E-state index contributed by atoms with van der Waals surface area (Å²) in [6, 6.07) is 9.29. The summed E-state index contributed by atoms with van der Waals surface area (Å²) in [7, 11) is 1.12. The van der Waals surface area contributed by atoms with E-state index in [0.29, 0.717) is 5.56 Å². The minimum Gasteiger partial charge on any atom is -0.427 e. The summed E-state index contributed by atoms with van der Waals surface area (Å²) in [6.07, 6.45) is -5.71. The SMILES string of the molecule is COC1N(Cc2ccnc(C#N)c2)c2cccc(C(O)CF)c2OC1(F)F. The van der Waals surface area contributed by atoms with Gasteiger partial charge in [0.15, 0.2) is 5.75 Å². The summed E-state index contributed by atoms with van der Waals surface area (Å²) >= 11 is 0. The topological polar surface area (TPSA) is 78.6 Å². The first-order valence-corrected chi connectivity index (χ1v) is 7.99. The van der Waals surface area contributed by atoms with Crippen molar-refractivity contribution in [2.45, 2.75) is 25.0 Å². The van der Waals surface area contributed by atoms with Crippen molar-refractivity contribution in [1.29, 1.82) is 5.26 Å². The molecule has 0 fully saturated rings. The first-order valence-electron chi connectivity index (χ1n) is 7.99. The number of aromatic nitrogens is 1. The van der Waals surface area contributed by atoms with E-state index in [2.05, 4.69) is 4.98 Å². The maximum absolute atomic E-state index is 14.6. The van der Waals surface area contributed by atoms with Gasteiger partial charge in [0.25, 0.3) is 0 Å². The summed E-state index contributed by atoms with van der Waals surface area (Å²) in [5.74, 6) is -0.310. The van der Waals surface area contributed by atoms with Crippen LogP contribution in [0.3, 0.4) is 0 Å². The maximum Gasteiger partial charge on any atom is 0.444 e. The molecule has 2 heterocycles. The van der Waals surface area contributed by atoms with Crippen LogP contribution in [0.25, 0.3) is 0 Å². The Kier molecular flexibility index (Phi) is 5.21. The molecule has 0 radical (unpaired) electrons. The molecule has 1 aliphatic heterocycles. The smallest absolute Gasteiger partial charge is 0.427 e. The number of halogens is 3. The minimum absolute atomic E-state index is 0.0448. The lowest BCUT2D eigenvalue weighted by molar-refractivity contribution is -0.253. The third kappa shape index (κ3) is 3.54. The number of fused-ring (bicyclic) bond motifs is 1. The van der Waals surface area contributed by atoms with E-state index in [4.69, 9.17) is 14.7 Å². The first-order chi connectivity index (χ1) is 12.9. The van der Waals surface area contributed by atoms with Crippen molar-refractivity contribution in [2.24, 2.45) is 0 Å². The molecule has 9 heteroatoms. The molecular formula is C18H16F3N3O3. The van der Waals surface area contributed by atoms with Crippen LogP contribution in [0, 0.1) is 11.3 Å². The Bertz CT molecular complexity index is 872. The van der Waals surface area contributed by atoms with E-state index >= 15 is 0 Å². The number of aliphatic hydroxyl groups excluding tert-OH is 1. The summed E-state index contributed by atoms with van der Waals surface area (Å²) < 4.78 is 51.8. The monoisotopic (exact) mass is 379 g/mol. The van der Waals surface area contributed by atoms with Crippen molar-refractivity contribution in [3.05, 3.63) is 53.3 Å². The fourth-order valence-electron chi connectivity index (χ4n) is 2.98. The summed E-state index contributed by atoms with van der Waals surface area (Å²) in [4.78, 5) is 5.09. The number of aliphatic hydroxyl groups is 1. The lowest BCUT2D eigenvalue weighted by atomic mass is 10.0. The Balaban J connectivity index is 2.09. The number of ether oxygens (including phenoxy) is 2. The van der Waals surface area contributed by atoms with Crippen molar-refractivity contribution in [1.82, 2.24) is 4.98 Å². The van der Waals surface area contributed by atoms with Crippen LogP contribution in [0.5, 0.6) is 5.75 Å². The Labute approximate surface area is 153 Å². The number of nitriles is 1. The van der Waals surface area contributed by atoms with Gasteiger partial charge in [0, 0.05) is 25.4 Å². The number of anilines is 1. The number of nitrogens with zero attached hydrogens (tertiary/aromatic N) is 3. The second-order valence-corrected chi connectivity index (χ2v) is 5.91. The minimum atomic E-state index is -3.75. The van der Waals surface area contributed by atoms with E-state index in [1.54, 1.807) is 6.07 Å². The highest BCUT2D eigenvalue weighted by atomic mass is 19.3. The number of alkyl halides is 3. The van der Waals surface area contributed by atoms with E-state index in [-0.39, 0.29) is 29.2 Å². The molecule has 1 aromatic carbocycles. The molecule has 2 aromatic rings. The molecule has 0 aliphatic carbocycles. The van der Waals surface area contributed by atoms with Crippen molar-refractivity contribution >= 4 is 5.69 Å². The molecule has 0 saturated carbocycles. The fourth-order valence-corrected chi connectivity index (χ4v) is 2.98. The van der Waals surface area contributed by atoms with Gasteiger partial charge in [-0.15, -0.1) is 0 Å². The molecule has 6 nitrogen and oxygen atoms in total. The number of pyridine rings is 1. The average Bonchev–Trinajstić information content (AvgIpc) is 2.66. The Morgan fingerprint density at radius 3 is 2.89 bits per heavy atom. The van der Waals surface area contributed by atoms with E-state index in [1.165, 1.54) is 35.4 Å². The Hall–Kier alpha value is -2.83. The Morgan fingerprint density at radius 2 is 2.22 bits per heavy atom. The molecule has 3 rings (SSSR count). The molecule has 2 unspecified atom stereocenters. The highest BCUT2D eigenvalue weighted by molar-refractivity contribution is 5.65. The zero-order valence-corrected chi connectivity index (χ0v) is 14.3. The molecule has 2 atom stereocenters. The Morgan fingerprint density at radius 1 is 1.44 bits per heavy atom. The van der Waals surface area contributed by atoms with Crippen molar-refractivity contribution in [3.8, 4) is 11.8 Å². The van der Waals surface area contributed by atoms with Gasteiger partial charge in [-0.1, -0.05) is 12.1 Å². The second-order valence-electron chi connectivity index (χ2n) is 5.91. The maximum atomic E-state index is 14.6. The third-order valence-corrected chi connectivity index (χ3v) is 4.16. The van der Waals surface area contributed by atoms with Gasteiger partial charge in [0.2, 0.25) is 6.23 Å². The standard InChI is InChI=1S/C18H16F3N3O3/c1-26-17-18(20,21)27-16-13(15(25)8-19)3-2-4-14(16)24(17)10-11-5-6-23-12(7-11)9-22/h2-7,15,17,25H,8,10H2,1H3. The zero-order chi connectivity index (χ0) is 19.6. The summed E-state index contributed by atoms with van der Waals surface area (Å²) in [6.45, 7) is -1.19. The first kappa shape index (κ1) is 18.9. The molecular weight excluding hydrogens is 363 g/mol. The fraction of sp³-hybridized carbons (Fsp3) is 0.333. The highest BCUT2D eigenvalue weighted by Gasteiger charge is 2.52. The van der Waals surface area contributed by atoms with E-state index in [9.17, 15) is 18.3 Å². The van der Waals surface area contributed by atoms with Crippen LogP contribution in [0.2, 0.25) is 0 Å². The second kappa shape index (κ2) is 7.42. The number of rotatable bonds is 5. The van der Waals surface area contributed by atoms with Crippen molar-refractivity contribution < 1.29 is 27.8 Å². The van der Waals surface area contributed by atoms with E-state index in [0.717, 1.165) is 7.11 Å². The predicted octanol–water partition coefficient (Wildman–Crippen LogP) is 2.92. The van der Waals surface area contributed by atoms with Gasteiger partial charge in [-0.05, 0) is 23.8 Å². The predicted molar refractivity (Wildman–Crippen MR) is 88.9 cm³/mol. The molecule has 1 aromatic heterocycles. The van der Waals surface area contributed by atoms with Gasteiger partial charge < -0.3 is 19.5 Å². The van der Waals surface area contributed by atoms with E-state index in [1.807, 2.05) is 6.07 Å². The van der Waals surface area contributed by atoms with Crippen LogP contribution in [0.4, 0.5) is 18.9 Å². The van der Waals surface area contributed by atoms with Crippen LogP contribution in [0.15, 0.2) is 36.5 Å². The molecule has 0 saturated heterocycles. The largest absolute Gasteiger partial charge is 0.444 e. The molecule has 0 amide bonds. The summed E-state index contributed by atoms with van der Waals surface area (Å²) in [5.41, 5.74) is 0.821. The van der Waals surface area contributed by atoms with Crippen LogP contribution < -0.4 is 9.64 Å². The number of para-hydroxylation sites is 1. The molecule has 1 N–H and O–H groups in total. The molecule has 0 spiro atoms. The van der Waals surface area contributed by atoms with Crippen molar-refractivity contribution in [2.75, 3.05) is 18.7 Å². The number of hydrogen-bond acceptors (Lipinski definition) is 6. The quantitative estimate of drug-likeness (QED) is 0.861. The van der Waals surface area contributed by atoms with Gasteiger partial charge in [0.05, 0.1) is 5.69 Å². The lowest BCUT2D eigenvalue weighted by Gasteiger charge is -2.42. The normalized spacial score (nSPS) is 19.0. The number of benzene rings is 1. The average molecular weight is 379 g/mol. The molecule has 142 valence electrons. The van der Waals surface area contributed by atoms with Gasteiger partial charge >= 0.3 is 6.11 Å². The zero-order valence-electron chi connectivity index (χ0n) is 14.3. The van der Waals surface area contributed by atoms with Crippen LogP contribution in [-0.4, -0.2) is 36.2 Å². The van der Waals surface area contributed by atoms with Crippen LogP contribution >= 0.6 is 0 Å². The van der Waals surface area contributed by atoms with Gasteiger partial charge in [-0.3, -0.25) is 0 Å². The molecule has 1 aliphatic rings. The van der Waals surface area contributed by atoms with Gasteiger partial charge in [-0.25, -0.2) is 9.37 Å². The van der Waals surface area contributed by atoms with Gasteiger partial charge in [-0.2, -0.15) is 14.0 Å². The van der Waals surface area contributed by atoms with Crippen LogP contribution in [-0.2, 0) is 11.3 Å².